The Balaban J connectivity index is 1.21. The standard InChI is InChI=1S/C44H29NO/c1-3-10-30(11-4-1)32-18-20-34(21-19-32)36-26-27-41-39(28-36)40(35-24-22-33(23-25-35)31-12-5-2-6-13-31)29-45(41)42-16-9-15-38-37-14-7-8-17-43(37)46-44(38)42/h1-29H. The number of hydrogen-bond donors (Lipinski definition) is 0. The van der Waals surface area contributed by atoms with Gasteiger partial charge in [0, 0.05) is 27.9 Å². The first-order valence-electron chi connectivity index (χ1n) is 15.7. The van der Waals surface area contributed by atoms with Gasteiger partial charge in [-0.05, 0) is 63.2 Å². The molecule has 0 atom stereocenters. The first-order valence-corrected chi connectivity index (χ1v) is 15.7. The molecule has 0 N–H and O–H groups in total. The molecular weight excluding hydrogens is 558 g/mol. The van der Waals surface area contributed by atoms with Crippen molar-refractivity contribution in [2.45, 2.75) is 0 Å². The maximum absolute atomic E-state index is 6.49. The number of furan rings is 1. The highest BCUT2D eigenvalue weighted by Gasteiger charge is 2.17. The molecule has 2 heteroatoms. The van der Waals surface area contributed by atoms with Gasteiger partial charge in [0.25, 0.3) is 0 Å². The fourth-order valence-electron chi connectivity index (χ4n) is 6.72. The second-order valence-corrected chi connectivity index (χ2v) is 11.8. The average molecular weight is 588 g/mol. The lowest BCUT2D eigenvalue weighted by Gasteiger charge is -2.08. The predicted molar refractivity (Wildman–Crippen MR) is 192 cm³/mol. The number of para-hydroxylation sites is 2. The maximum Gasteiger partial charge on any atom is 0.159 e. The van der Waals surface area contributed by atoms with Crippen LogP contribution < -0.4 is 0 Å². The molecular formula is C44H29NO. The van der Waals surface area contributed by atoms with Crippen LogP contribution in [0.15, 0.2) is 180 Å². The van der Waals surface area contributed by atoms with E-state index in [0.717, 1.165) is 33.1 Å². The maximum atomic E-state index is 6.49. The lowest BCUT2D eigenvalue weighted by molar-refractivity contribution is 0.666. The van der Waals surface area contributed by atoms with Crippen molar-refractivity contribution >= 4 is 32.8 Å². The number of aromatic nitrogens is 1. The van der Waals surface area contributed by atoms with Crippen LogP contribution in [0.2, 0.25) is 0 Å². The quantitative estimate of drug-likeness (QED) is 0.196. The number of fused-ring (bicyclic) bond motifs is 4. The second kappa shape index (κ2) is 10.8. The van der Waals surface area contributed by atoms with Crippen LogP contribution >= 0.6 is 0 Å². The number of nitrogens with zero attached hydrogens (tertiary/aromatic N) is 1. The van der Waals surface area contributed by atoms with Crippen LogP contribution in [0.4, 0.5) is 0 Å². The Kier molecular flexibility index (Phi) is 6.17. The van der Waals surface area contributed by atoms with Gasteiger partial charge in [0.15, 0.2) is 5.58 Å². The third-order valence-corrected chi connectivity index (χ3v) is 9.08. The predicted octanol–water partition coefficient (Wildman–Crippen LogP) is 12.2. The van der Waals surface area contributed by atoms with Crippen molar-refractivity contribution in [3.8, 4) is 50.2 Å². The van der Waals surface area contributed by atoms with Gasteiger partial charge in [-0.2, -0.15) is 0 Å². The van der Waals surface area contributed by atoms with Gasteiger partial charge in [0.2, 0.25) is 0 Å². The molecule has 0 unspecified atom stereocenters. The van der Waals surface area contributed by atoms with Gasteiger partial charge < -0.3 is 8.98 Å². The van der Waals surface area contributed by atoms with Crippen molar-refractivity contribution in [1.82, 2.24) is 4.57 Å². The third kappa shape index (κ3) is 4.43. The fourth-order valence-corrected chi connectivity index (χ4v) is 6.72. The molecule has 9 rings (SSSR count). The van der Waals surface area contributed by atoms with E-state index in [4.69, 9.17) is 4.42 Å². The van der Waals surface area contributed by atoms with Gasteiger partial charge in [-0.3, -0.25) is 0 Å². The summed E-state index contributed by atoms with van der Waals surface area (Å²) in [5, 5.41) is 3.46. The van der Waals surface area contributed by atoms with Crippen LogP contribution in [0, 0.1) is 0 Å². The zero-order valence-corrected chi connectivity index (χ0v) is 25.1. The van der Waals surface area contributed by atoms with E-state index in [1.807, 2.05) is 12.1 Å². The van der Waals surface area contributed by atoms with E-state index in [-0.39, 0.29) is 0 Å². The summed E-state index contributed by atoms with van der Waals surface area (Å²) in [5.74, 6) is 0. The number of rotatable bonds is 5. The molecule has 0 amide bonds. The monoisotopic (exact) mass is 587 g/mol. The molecule has 2 nitrogen and oxygen atoms in total. The molecule has 0 bridgehead atoms. The molecule has 0 saturated carbocycles. The van der Waals surface area contributed by atoms with Crippen LogP contribution in [-0.4, -0.2) is 4.57 Å². The molecule has 0 spiro atoms. The molecule has 2 aromatic heterocycles. The zero-order valence-electron chi connectivity index (χ0n) is 25.1. The molecule has 0 fully saturated rings. The molecule has 2 heterocycles. The highest BCUT2D eigenvalue weighted by Crippen LogP contribution is 2.39. The molecule has 7 aromatic carbocycles. The van der Waals surface area contributed by atoms with Crippen molar-refractivity contribution in [2.24, 2.45) is 0 Å². The molecule has 9 aromatic rings. The van der Waals surface area contributed by atoms with Crippen LogP contribution in [0.5, 0.6) is 0 Å². The molecule has 0 aliphatic rings. The van der Waals surface area contributed by atoms with Crippen molar-refractivity contribution in [2.75, 3.05) is 0 Å². The lowest BCUT2D eigenvalue weighted by Crippen LogP contribution is -1.92. The first kappa shape index (κ1) is 26.3. The molecule has 0 aliphatic carbocycles. The van der Waals surface area contributed by atoms with Gasteiger partial charge in [-0.25, -0.2) is 0 Å². The minimum Gasteiger partial charge on any atom is -0.454 e. The van der Waals surface area contributed by atoms with Gasteiger partial charge in [0.1, 0.15) is 5.58 Å². The summed E-state index contributed by atoms with van der Waals surface area (Å²) in [7, 11) is 0. The van der Waals surface area contributed by atoms with Crippen molar-refractivity contribution in [1.29, 1.82) is 0 Å². The molecule has 0 aliphatic heterocycles. The Bertz CT molecular complexity index is 2480. The Labute approximate surface area is 267 Å². The third-order valence-electron chi connectivity index (χ3n) is 9.08. The lowest BCUT2D eigenvalue weighted by atomic mass is 9.97. The fraction of sp³-hybridized carbons (Fsp3) is 0. The Morgan fingerprint density at radius 1 is 0.370 bits per heavy atom. The minimum absolute atomic E-state index is 0.896. The molecule has 46 heavy (non-hydrogen) atoms. The van der Waals surface area contributed by atoms with Crippen LogP contribution in [0.25, 0.3) is 83.0 Å². The summed E-state index contributed by atoms with van der Waals surface area (Å²) in [5.41, 5.74) is 13.6. The van der Waals surface area contributed by atoms with E-state index in [0.29, 0.717) is 0 Å². The largest absolute Gasteiger partial charge is 0.454 e. The van der Waals surface area contributed by atoms with E-state index in [9.17, 15) is 0 Å². The molecule has 0 radical (unpaired) electrons. The Morgan fingerprint density at radius 3 is 1.57 bits per heavy atom. The smallest absolute Gasteiger partial charge is 0.159 e. The van der Waals surface area contributed by atoms with Gasteiger partial charge in [-0.15, -0.1) is 0 Å². The summed E-state index contributed by atoms with van der Waals surface area (Å²) in [6.45, 7) is 0. The summed E-state index contributed by atoms with van der Waals surface area (Å²) in [6.07, 6.45) is 2.27. The van der Waals surface area contributed by atoms with Crippen molar-refractivity contribution < 1.29 is 4.42 Å². The normalized spacial score (nSPS) is 11.5. The highest BCUT2D eigenvalue weighted by molar-refractivity contribution is 6.08. The van der Waals surface area contributed by atoms with E-state index in [2.05, 4.69) is 168 Å². The summed E-state index contributed by atoms with van der Waals surface area (Å²) < 4.78 is 8.78. The highest BCUT2D eigenvalue weighted by atomic mass is 16.3. The number of benzene rings is 7. The zero-order chi connectivity index (χ0) is 30.5. The second-order valence-electron chi connectivity index (χ2n) is 11.8. The van der Waals surface area contributed by atoms with Crippen LogP contribution in [0.1, 0.15) is 0 Å². The molecule has 216 valence electrons. The Hall–Kier alpha value is -6.12. The van der Waals surface area contributed by atoms with Crippen LogP contribution in [-0.2, 0) is 0 Å². The summed E-state index contributed by atoms with van der Waals surface area (Å²) in [6, 6.07) is 60.4. The average Bonchev–Trinajstić information content (AvgIpc) is 3.71. The Morgan fingerprint density at radius 2 is 0.891 bits per heavy atom. The van der Waals surface area contributed by atoms with Crippen molar-refractivity contribution in [3.63, 3.8) is 0 Å². The van der Waals surface area contributed by atoms with E-state index < -0.39 is 0 Å². The van der Waals surface area contributed by atoms with E-state index >= 15 is 0 Å². The van der Waals surface area contributed by atoms with Gasteiger partial charge >= 0.3 is 0 Å². The van der Waals surface area contributed by atoms with Gasteiger partial charge in [-0.1, -0.05) is 146 Å². The summed E-state index contributed by atoms with van der Waals surface area (Å²) in [4.78, 5) is 0. The van der Waals surface area contributed by atoms with Crippen LogP contribution in [0.3, 0.4) is 0 Å². The van der Waals surface area contributed by atoms with Gasteiger partial charge in [0.05, 0.1) is 11.2 Å². The van der Waals surface area contributed by atoms with E-state index in [1.54, 1.807) is 0 Å². The number of hydrogen-bond acceptors (Lipinski definition) is 1. The molecule has 0 saturated heterocycles. The van der Waals surface area contributed by atoms with E-state index in [1.165, 1.54) is 49.9 Å². The van der Waals surface area contributed by atoms with Crippen molar-refractivity contribution in [3.05, 3.63) is 176 Å². The SMILES string of the molecule is c1ccc(-c2ccc(-c3ccc4c(c3)c(-c3ccc(-c5ccccc5)cc3)cn4-c3cccc4c3oc3ccccc34)cc2)cc1. The topological polar surface area (TPSA) is 18.1 Å². The summed E-state index contributed by atoms with van der Waals surface area (Å²) >= 11 is 0. The minimum atomic E-state index is 0.896. The first-order chi connectivity index (χ1) is 22.8.